The Morgan fingerprint density at radius 2 is 1.80 bits per heavy atom. The SMILES string of the molecule is COc1ccc(-c2cc(C(=O)NCc3c(C)cccc3C(=O)O)ccn2)cc1OC. The number of carbonyl (C=O) groups excluding carboxylic acids is 1. The average Bonchev–Trinajstić information content (AvgIpc) is 2.77. The molecule has 30 heavy (non-hydrogen) atoms. The molecular formula is C23H22N2O5. The molecule has 0 atom stereocenters. The number of amides is 1. The van der Waals surface area contributed by atoms with E-state index in [0.717, 1.165) is 11.1 Å². The van der Waals surface area contributed by atoms with Gasteiger partial charge in [-0.1, -0.05) is 12.1 Å². The fourth-order valence-corrected chi connectivity index (χ4v) is 3.13. The number of nitrogens with zero attached hydrogens (tertiary/aromatic N) is 1. The number of aromatic nitrogens is 1. The molecule has 154 valence electrons. The van der Waals surface area contributed by atoms with Crippen LogP contribution in [0.15, 0.2) is 54.7 Å². The summed E-state index contributed by atoms with van der Waals surface area (Å²) in [6.07, 6.45) is 1.55. The number of carboxylic acid groups (broad SMARTS) is 1. The Morgan fingerprint density at radius 3 is 2.50 bits per heavy atom. The summed E-state index contributed by atoms with van der Waals surface area (Å²) in [6, 6.07) is 13.7. The fourth-order valence-electron chi connectivity index (χ4n) is 3.13. The average molecular weight is 406 g/mol. The molecule has 0 saturated carbocycles. The van der Waals surface area contributed by atoms with Crippen LogP contribution >= 0.6 is 0 Å². The molecule has 0 fully saturated rings. The van der Waals surface area contributed by atoms with Crippen LogP contribution < -0.4 is 14.8 Å². The number of hydrogen-bond acceptors (Lipinski definition) is 5. The van der Waals surface area contributed by atoms with Crippen LogP contribution in [-0.4, -0.2) is 36.2 Å². The number of benzene rings is 2. The van der Waals surface area contributed by atoms with Crippen LogP contribution in [0, 0.1) is 6.92 Å². The van der Waals surface area contributed by atoms with Crippen molar-refractivity contribution in [2.75, 3.05) is 14.2 Å². The lowest BCUT2D eigenvalue weighted by molar-refractivity contribution is 0.0694. The maximum atomic E-state index is 12.7. The normalized spacial score (nSPS) is 10.4. The van der Waals surface area contributed by atoms with Crippen LogP contribution in [-0.2, 0) is 6.54 Å². The molecule has 3 rings (SSSR count). The van der Waals surface area contributed by atoms with Crippen LogP contribution in [0.3, 0.4) is 0 Å². The van der Waals surface area contributed by atoms with Crippen molar-refractivity contribution in [3.63, 3.8) is 0 Å². The van der Waals surface area contributed by atoms with Crippen molar-refractivity contribution in [3.05, 3.63) is 77.0 Å². The van der Waals surface area contributed by atoms with Crippen LogP contribution in [0.25, 0.3) is 11.3 Å². The molecule has 7 nitrogen and oxygen atoms in total. The van der Waals surface area contributed by atoms with Gasteiger partial charge in [0.2, 0.25) is 0 Å². The molecule has 0 aliphatic heterocycles. The van der Waals surface area contributed by atoms with Gasteiger partial charge in [-0.15, -0.1) is 0 Å². The van der Waals surface area contributed by atoms with Crippen molar-refractivity contribution in [2.45, 2.75) is 13.5 Å². The lowest BCUT2D eigenvalue weighted by Gasteiger charge is -2.12. The molecule has 2 N–H and O–H groups in total. The van der Waals surface area contributed by atoms with E-state index in [4.69, 9.17) is 9.47 Å². The number of pyridine rings is 1. The van der Waals surface area contributed by atoms with Gasteiger partial charge >= 0.3 is 5.97 Å². The van der Waals surface area contributed by atoms with Gasteiger partial charge in [-0.2, -0.15) is 0 Å². The van der Waals surface area contributed by atoms with Crippen molar-refractivity contribution in [3.8, 4) is 22.8 Å². The highest BCUT2D eigenvalue weighted by Crippen LogP contribution is 2.31. The van der Waals surface area contributed by atoms with Gasteiger partial charge in [0.05, 0.1) is 25.5 Å². The van der Waals surface area contributed by atoms with Crippen LogP contribution in [0.5, 0.6) is 11.5 Å². The van der Waals surface area contributed by atoms with E-state index < -0.39 is 5.97 Å². The Bertz CT molecular complexity index is 1090. The minimum atomic E-state index is -1.03. The Labute approximate surface area is 174 Å². The maximum Gasteiger partial charge on any atom is 0.336 e. The predicted octanol–water partition coefficient (Wildman–Crippen LogP) is 3.70. The number of carboxylic acids is 1. The minimum Gasteiger partial charge on any atom is -0.493 e. The first kappa shape index (κ1) is 20.9. The van der Waals surface area contributed by atoms with Crippen LogP contribution in [0.1, 0.15) is 31.8 Å². The van der Waals surface area contributed by atoms with Gasteiger partial charge in [-0.25, -0.2) is 4.79 Å². The highest BCUT2D eigenvalue weighted by Gasteiger charge is 2.14. The standard InChI is InChI=1S/C23H22N2O5/c1-14-5-4-6-17(23(27)28)18(14)13-25-22(26)16-9-10-24-19(11-16)15-7-8-20(29-2)21(12-15)30-3/h4-12H,13H2,1-3H3,(H,25,26)(H,27,28). The number of methoxy groups -OCH3 is 2. The largest absolute Gasteiger partial charge is 0.493 e. The molecule has 2 aromatic carbocycles. The van der Waals surface area contributed by atoms with Crippen molar-refractivity contribution < 1.29 is 24.2 Å². The zero-order chi connectivity index (χ0) is 21.7. The van der Waals surface area contributed by atoms with Gasteiger partial charge in [-0.3, -0.25) is 9.78 Å². The molecule has 0 saturated heterocycles. The lowest BCUT2D eigenvalue weighted by atomic mass is 10.0. The van der Waals surface area contributed by atoms with E-state index in [2.05, 4.69) is 10.3 Å². The molecule has 0 unspecified atom stereocenters. The quantitative estimate of drug-likeness (QED) is 0.621. The molecule has 1 aromatic heterocycles. The summed E-state index contributed by atoms with van der Waals surface area (Å²) in [4.78, 5) is 28.5. The van der Waals surface area contributed by atoms with Gasteiger partial charge in [0.25, 0.3) is 5.91 Å². The molecule has 7 heteroatoms. The van der Waals surface area contributed by atoms with Gasteiger partial charge < -0.3 is 19.9 Å². The first-order valence-corrected chi connectivity index (χ1v) is 9.23. The molecule has 0 spiro atoms. The molecule has 3 aromatic rings. The van der Waals surface area contributed by atoms with Crippen LogP contribution in [0.4, 0.5) is 0 Å². The highest BCUT2D eigenvalue weighted by atomic mass is 16.5. The number of aromatic carboxylic acids is 1. The molecule has 1 heterocycles. The Balaban J connectivity index is 1.82. The van der Waals surface area contributed by atoms with E-state index in [-0.39, 0.29) is 18.0 Å². The summed E-state index contributed by atoms with van der Waals surface area (Å²) < 4.78 is 10.6. The summed E-state index contributed by atoms with van der Waals surface area (Å²) in [5.41, 5.74) is 3.35. The minimum absolute atomic E-state index is 0.112. The zero-order valence-corrected chi connectivity index (χ0v) is 16.9. The van der Waals surface area contributed by atoms with E-state index in [1.807, 2.05) is 19.1 Å². The zero-order valence-electron chi connectivity index (χ0n) is 16.9. The van der Waals surface area contributed by atoms with E-state index >= 15 is 0 Å². The van der Waals surface area contributed by atoms with Gasteiger partial charge in [-0.05, 0) is 54.4 Å². The summed E-state index contributed by atoms with van der Waals surface area (Å²) in [6.45, 7) is 1.93. The van der Waals surface area contributed by atoms with Crippen molar-refractivity contribution in [2.24, 2.45) is 0 Å². The molecule has 0 radical (unpaired) electrons. The van der Waals surface area contributed by atoms with Crippen LogP contribution in [0.2, 0.25) is 0 Å². The first-order valence-electron chi connectivity index (χ1n) is 9.23. The second-order valence-corrected chi connectivity index (χ2v) is 6.59. The summed E-state index contributed by atoms with van der Waals surface area (Å²) in [5, 5.41) is 12.2. The number of ether oxygens (including phenoxy) is 2. The lowest BCUT2D eigenvalue weighted by Crippen LogP contribution is -2.24. The topological polar surface area (TPSA) is 97.8 Å². The highest BCUT2D eigenvalue weighted by molar-refractivity contribution is 5.95. The third-order valence-electron chi connectivity index (χ3n) is 4.77. The smallest absolute Gasteiger partial charge is 0.336 e. The first-order chi connectivity index (χ1) is 14.4. The van der Waals surface area contributed by atoms with E-state index in [1.165, 1.54) is 6.07 Å². The monoisotopic (exact) mass is 406 g/mol. The number of carbonyl (C=O) groups is 2. The number of nitrogens with one attached hydrogen (secondary N) is 1. The molecule has 0 aliphatic rings. The number of rotatable bonds is 7. The Morgan fingerprint density at radius 1 is 1.03 bits per heavy atom. The third kappa shape index (κ3) is 4.41. The summed E-state index contributed by atoms with van der Waals surface area (Å²) in [7, 11) is 3.11. The molecule has 0 bridgehead atoms. The fraction of sp³-hybridized carbons (Fsp3) is 0.174. The van der Waals surface area contributed by atoms with E-state index in [1.54, 1.807) is 50.7 Å². The van der Waals surface area contributed by atoms with Gasteiger partial charge in [0.15, 0.2) is 11.5 Å². The van der Waals surface area contributed by atoms with Crippen molar-refractivity contribution in [1.82, 2.24) is 10.3 Å². The van der Waals surface area contributed by atoms with Crippen molar-refractivity contribution in [1.29, 1.82) is 0 Å². The summed E-state index contributed by atoms with van der Waals surface area (Å²) in [5.74, 6) is -0.184. The molecule has 1 amide bonds. The number of hydrogen-bond donors (Lipinski definition) is 2. The molecule has 0 aliphatic carbocycles. The number of aryl methyl sites for hydroxylation is 1. The van der Waals surface area contributed by atoms with Crippen molar-refractivity contribution >= 4 is 11.9 Å². The second kappa shape index (κ2) is 9.09. The third-order valence-corrected chi connectivity index (χ3v) is 4.77. The predicted molar refractivity (Wildman–Crippen MR) is 112 cm³/mol. The van der Waals surface area contributed by atoms with Gasteiger partial charge in [0, 0.05) is 23.9 Å². The summed E-state index contributed by atoms with van der Waals surface area (Å²) >= 11 is 0. The van der Waals surface area contributed by atoms with E-state index in [0.29, 0.717) is 28.3 Å². The maximum absolute atomic E-state index is 12.7. The van der Waals surface area contributed by atoms with E-state index in [9.17, 15) is 14.7 Å². The molecular weight excluding hydrogens is 384 g/mol. The Kier molecular flexibility index (Phi) is 6.32. The Hall–Kier alpha value is -3.87. The van der Waals surface area contributed by atoms with Gasteiger partial charge in [0.1, 0.15) is 0 Å². The second-order valence-electron chi connectivity index (χ2n) is 6.59.